The molecule has 8 rings (SSSR count). The summed E-state index contributed by atoms with van der Waals surface area (Å²) in [6.45, 7) is 0. The zero-order valence-electron chi connectivity index (χ0n) is 37.0. The zero-order chi connectivity index (χ0) is 48.7. The van der Waals surface area contributed by atoms with Gasteiger partial charge in [0.05, 0.1) is 23.3 Å². The van der Waals surface area contributed by atoms with Crippen LogP contribution in [0.5, 0.6) is 0 Å². The molecule has 0 unspecified atom stereocenters. The summed E-state index contributed by atoms with van der Waals surface area (Å²) in [5.41, 5.74) is 17.5. The number of thioether (sulfide) groups is 2. The molecular weight excluding hydrogens is 1120 g/mol. The second kappa shape index (κ2) is 24.2. The van der Waals surface area contributed by atoms with E-state index in [0.29, 0.717) is 11.4 Å². The van der Waals surface area contributed by atoms with Gasteiger partial charge in [0.25, 0.3) is 0 Å². The first-order valence-electron chi connectivity index (χ1n) is 21.0. The third kappa shape index (κ3) is 13.2. The van der Waals surface area contributed by atoms with E-state index in [2.05, 4.69) is 32.1 Å². The van der Waals surface area contributed by atoms with Crippen molar-refractivity contribution in [1.29, 1.82) is 1.34 Å². The Hall–Kier alpha value is -6.92. The normalized spacial score (nSPS) is 16.9. The number of benzene rings is 6. The minimum absolute atomic E-state index is 0. The van der Waals surface area contributed by atoms with Crippen LogP contribution in [0.3, 0.4) is 0 Å². The first-order valence-corrected chi connectivity index (χ1v) is 22.3. The molecule has 6 N–H and O–H groups in total. The minimum atomic E-state index is -1.04. The molecule has 68 heavy (non-hydrogen) atoms. The molecule has 12 nitrogen and oxygen atoms in total. The second-order valence-corrected chi connectivity index (χ2v) is 17.4. The number of carboxylic acids is 2. The summed E-state index contributed by atoms with van der Waals surface area (Å²) in [6, 6.07) is 47.3. The molecule has 0 bridgehead atoms. The topological polar surface area (TPSA) is 201 Å². The van der Waals surface area contributed by atoms with Gasteiger partial charge in [-0.2, -0.15) is 0 Å². The summed E-state index contributed by atoms with van der Waals surface area (Å²) in [5.74, 6) is 8.53. The fraction of sp³-hybridized carbons (Fsp3) is 0.115. The summed E-state index contributed by atoms with van der Waals surface area (Å²) in [4.78, 5) is 75.2. The van der Waals surface area contributed by atoms with E-state index in [-0.39, 0.29) is 66.9 Å². The predicted octanol–water partition coefficient (Wildman–Crippen LogP) is 6.97. The van der Waals surface area contributed by atoms with Crippen molar-refractivity contribution in [3.05, 3.63) is 202 Å². The van der Waals surface area contributed by atoms with Crippen molar-refractivity contribution >= 4 is 78.8 Å². The van der Waals surface area contributed by atoms with E-state index < -0.39 is 45.0 Å². The Morgan fingerprint density at radius 2 is 0.838 bits per heavy atom. The van der Waals surface area contributed by atoms with Crippen molar-refractivity contribution < 1.29 is 70.1 Å². The van der Waals surface area contributed by atoms with E-state index in [1.807, 2.05) is 109 Å². The van der Waals surface area contributed by atoms with Crippen LogP contribution < -0.4 is 21.3 Å². The number of rotatable bonds is 10. The Labute approximate surface area is 428 Å². The number of carbonyl (C=O) groups is 6. The van der Waals surface area contributed by atoms with Gasteiger partial charge in [-0.05, 0) is 97.4 Å². The van der Waals surface area contributed by atoms with Crippen LogP contribution in [0.25, 0.3) is 0 Å². The summed E-state index contributed by atoms with van der Waals surface area (Å²) >= 11 is 2.55. The van der Waals surface area contributed by atoms with Gasteiger partial charge in [-0.15, -0.1) is 23.5 Å². The Bertz CT molecular complexity index is 2750. The summed E-state index contributed by atoms with van der Waals surface area (Å²) < 4.78 is 5.25. The van der Waals surface area contributed by atoms with Crippen molar-refractivity contribution in [3.8, 4) is 23.7 Å². The third-order valence-electron chi connectivity index (χ3n) is 10.3. The minimum Gasteiger partial charge on any atom is -0.481 e. The molecule has 0 aromatic heterocycles. The maximum atomic E-state index is 13.1. The maximum absolute atomic E-state index is 13.1. The van der Waals surface area contributed by atoms with Crippen LogP contribution in [0.1, 0.15) is 77.7 Å². The number of amides is 4. The van der Waals surface area contributed by atoms with Crippen LogP contribution in [0.2, 0.25) is 0 Å². The second-order valence-electron chi connectivity index (χ2n) is 14.9. The first kappa shape index (κ1) is 50.5. The van der Waals surface area contributed by atoms with Crippen LogP contribution >= 0.6 is 23.5 Å². The van der Waals surface area contributed by atoms with Gasteiger partial charge in [-0.1, -0.05) is 96.5 Å². The van der Waals surface area contributed by atoms with Gasteiger partial charge >= 0.3 is 11.9 Å². The van der Waals surface area contributed by atoms with Gasteiger partial charge in [0.2, 0.25) is 23.6 Å². The first-order chi connectivity index (χ1) is 32.8. The van der Waals surface area contributed by atoms with Gasteiger partial charge in [0, 0.05) is 84.2 Å². The molecule has 0 spiro atoms. The Balaban J connectivity index is 0.000000245. The molecule has 6 aromatic rings. The summed E-state index contributed by atoms with van der Waals surface area (Å²) in [6.07, 6.45) is -0.570. The van der Waals surface area contributed by atoms with E-state index in [1.54, 1.807) is 48.5 Å². The average Bonchev–Trinajstić information content (AvgIpc) is 3.85. The van der Waals surface area contributed by atoms with Crippen molar-refractivity contribution in [2.75, 3.05) is 9.80 Å². The summed E-state index contributed by atoms with van der Waals surface area (Å²) in [7, 11) is 3.75. The molecular formula is C52H41BN4O8S2U. The van der Waals surface area contributed by atoms with Crippen molar-refractivity contribution in [2.24, 2.45) is 11.5 Å². The number of carbonyl (C=O) groups excluding carboxylic acids is 4. The Morgan fingerprint density at radius 1 is 0.515 bits per heavy atom. The average molecular weight is 1160 g/mol. The number of aliphatic carboxylic acids is 2. The molecule has 2 heterocycles. The van der Waals surface area contributed by atoms with Gasteiger partial charge in [0.15, 0.2) is 0 Å². The van der Waals surface area contributed by atoms with Crippen LogP contribution in [-0.4, -0.2) is 66.0 Å². The fourth-order valence-electron chi connectivity index (χ4n) is 7.07. The van der Waals surface area contributed by atoms with E-state index in [1.165, 1.54) is 33.3 Å². The number of carboxylic acid groups (broad SMARTS) is 2. The molecule has 0 aliphatic carbocycles. The van der Waals surface area contributed by atoms with Crippen molar-refractivity contribution in [3.63, 3.8) is 0 Å². The monoisotopic (exact) mass is 1160 g/mol. The largest absolute Gasteiger partial charge is 0.481 e. The molecule has 2 fully saturated rings. The Kier molecular flexibility index (Phi) is 18.0. The number of hydrogen-bond donors (Lipinski definition) is 4. The van der Waals surface area contributed by atoms with Gasteiger partial charge in [-0.25, -0.2) is 0 Å². The van der Waals surface area contributed by atoms with Crippen LogP contribution in [0.4, 0.5) is 11.4 Å². The molecule has 0 saturated carbocycles. The zero-order valence-corrected chi connectivity index (χ0v) is 41.8. The fourth-order valence-corrected chi connectivity index (χ4v) is 9.95. The number of nitrogens with two attached hydrogens (primary N) is 2. The van der Waals surface area contributed by atoms with Gasteiger partial charge in [0.1, 0.15) is 10.7 Å². The molecule has 2 aliphatic rings. The summed E-state index contributed by atoms with van der Waals surface area (Å²) in [5, 5.41) is 16.1. The third-order valence-corrected chi connectivity index (χ3v) is 13.1. The number of hydrogen-bond acceptors (Lipinski definition) is 8. The standard InChI is InChI=1S/2C26H20N2O4S.BH.U/c2*27-24(31)20-7-4-8-21(15-20)28-25(32)22(16-23(29)30)33-26(28)19-13-11-18(12-14-19)10-9-17-5-2-1-3-6-17;;/h2*1-8,11-15,22,26H,16H2,(H2,27,31)(H,29,30);1H;/t22-,26+;22-,26-;;/m10../s1/i;;1D;. The SMILES string of the molecule is NC(=O)c1cccc(N2C(=O)[C@@H](CC(=O)O)S[C@H]2c2ccc(C#Cc3ccccc3)cc2)c1.NC(=O)c1cccc(N2C(=O)[C@H](CC(=O)O)S[C@H]2c2ccc(C#Cc3ccccc3)cc2)c1.[2H][B].[U]. The van der Waals surface area contributed by atoms with Crippen molar-refractivity contribution in [1.82, 2.24) is 0 Å². The molecule has 4 amide bonds. The smallest absolute Gasteiger partial charge is 0.305 e. The molecule has 2 saturated heterocycles. The number of primary amides is 2. The number of anilines is 2. The molecule has 2 aliphatic heterocycles. The number of nitrogens with zero attached hydrogens (tertiary/aromatic N) is 2. The quantitative estimate of drug-likeness (QED) is 0.0821. The molecule has 2 radical (unpaired) electrons. The van der Waals surface area contributed by atoms with Crippen LogP contribution in [-0.2, 0) is 19.2 Å². The van der Waals surface area contributed by atoms with Crippen LogP contribution in [0.15, 0.2) is 158 Å². The maximum Gasteiger partial charge on any atom is 0.305 e. The molecule has 16 heteroatoms. The van der Waals surface area contributed by atoms with E-state index in [4.69, 9.17) is 12.8 Å². The van der Waals surface area contributed by atoms with E-state index in [9.17, 15) is 39.0 Å². The van der Waals surface area contributed by atoms with E-state index in [0.717, 1.165) is 33.4 Å². The van der Waals surface area contributed by atoms with Crippen LogP contribution in [0, 0.1) is 54.8 Å². The molecule has 6 aromatic carbocycles. The molecule has 336 valence electrons. The van der Waals surface area contributed by atoms with Gasteiger partial charge in [-0.3, -0.25) is 38.6 Å². The Morgan fingerprint density at radius 3 is 1.15 bits per heavy atom. The van der Waals surface area contributed by atoms with E-state index >= 15 is 0 Å². The predicted molar refractivity (Wildman–Crippen MR) is 263 cm³/mol. The van der Waals surface area contributed by atoms with Crippen molar-refractivity contribution in [2.45, 2.75) is 34.1 Å². The van der Waals surface area contributed by atoms with Gasteiger partial charge < -0.3 is 21.7 Å². The molecule has 4 atom stereocenters.